The minimum Gasteiger partial charge on any atom is -0.394 e. The number of amides is 3. The largest absolute Gasteiger partial charge is 0.394 e. The molecule has 0 bridgehead atoms. The summed E-state index contributed by atoms with van der Waals surface area (Å²) in [4.78, 5) is 47.3. The van der Waals surface area contributed by atoms with Gasteiger partial charge in [-0.05, 0) is 79.3 Å². The number of hydrogen-bond donors (Lipinski definition) is 1. The highest BCUT2D eigenvalue weighted by Crippen LogP contribution is 2.60. The zero-order valence-electron chi connectivity index (χ0n) is 28.2. The van der Waals surface area contributed by atoms with E-state index in [1.165, 1.54) is 0 Å². The van der Waals surface area contributed by atoms with Gasteiger partial charge in [0, 0.05) is 39.7 Å². The lowest BCUT2D eigenvalue weighted by atomic mass is 9.82. The van der Waals surface area contributed by atoms with Gasteiger partial charge in [-0.1, -0.05) is 54.9 Å². The number of fused-ring (bicyclic) bond motifs is 2. The summed E-state index contributed by atoms with van der Waals surface area (Å²) in [7, 11) is -3.50. The first-order chi connectivity index (χ1) is 23.9. The van der Waals surface area contributed by atoms with E-state index >= 15 is 4.11 Å². The number of aliphatic hydroxyl groups excluding tert-OH is 1. The summed E-state index contributed by atoms with van der Waals surface area (Å²) in [6.07, 6.45) is 0.618. The van der Waals surface area contributed by atoms with E-state index in [4.69, 9.17) is 16.3 Å². The Morgan fingerprint density at radius 2 is 1.80 bits per heavy atom. The smallest absolute Gasteiger partial charge is 0.264 e. The molecule has 0 radical (unpaired) electrons. The Kier molecular flexibility index (Phi) is 7.94. The molecule has 0 aromatic heterocycles. The van der Waals surface area contributed by atoms with Crippen molar-refractivity contribution >= 4 is 65.6 Å². The SMILES string of the molecule is C[C@@H]1[C@@H]([Si](C)(C)F)[C@H](CC(=O)N2CCC[C@H]2CO)O[C@@]12C(=O)N(Cc1cccc(N3C(=O)c4cccc5cccc3c45)c1)c1ccc(Cl)cc12. The van der Waals surface area contributed by atoms with Crippen LogP contribution in [0.3, 0.4) is 0 Å². The van der Waals surface area contributed by atoms with E-state index in [0.717, 1.165) is 34.9 Å². The van der Waals surface area contributed by atoms with Crippen molar-refractivity contribution in [3.63, 3.8) is 0 Å². The standard InChI is InChI=1S/C39H39ClFN3O5Si/c1-23-36(50(2,3)41)33(20-34(46)42-17-7-12-28(42)22-45)49-39(23)30-19-26(40)15-16-31(30)43(38(39)48)21-24-8-4-11-27(18-24)44-32-14-6-10-25-9-5-13-29(35(25)32)37(44)47/h4-6,8-11,13-16,18-19,23,28,33,36,45H,7,12,17,20-22H2,1-3H3/t23-,28+,33+,36-,39+/m1/s1. The molecule has 4 aliphatic rings. The molecule has 258 valence electrons. The quantitative estimate of drug-likeness (QED) is 0.159. The zero-order chi connectivity index (χ0) is 35.1. The van der Waals surface area contributed by atoms with Crippen molar-refractivity contribution in [3.05, 3.63) is 101 Å². The maximum atomic E-state index is 16.3. The summed E-state index contributed by atoms with van der Waals surface area (Å²) in [5, 5.41) is 12.2. The van der Waals surface area contributed by atoms with Crippen molar-refractivity contribution in [2.45, 2.75) is 69.1 Å². The summed E-state index contributed by atoms with van der Waals surface area (Å²) in [6, 6.07) is 24.2. The van der Waals surface area contributed by atoms with Crippen LogP contribution in [0.1, 0.15) is 47.7 Å². The third-order valence-electron chi connectivity index (χ3n) is 11.3. The lowest BCUT2D eigenvalue weighted by Crippen LogP contribution is -2.45. The molecule has 50 heavy (non-hydrogen) atoms. The number of carbonyl (C=O) groups excluding carboxylic acids is 3. The lowest BCUT2D eigenvalue weighted by Gasteiger charge is -2.31. The molecule has 8 nitrogen and oxygen atoms in total. The number of ether oxygens (including phenoxy) is 1. The predicted octanol–water partition coefficient (Wildman–Crippen LogP) is 7.48. The van der Waals surface area contributed by atoms with E-state index in [2.05, 4.69) is 0 Å². The molecule has 4 heterocycles. The third kappa shape index (κ3) is 4.94. The summed E-state index contributed by atoms with van der Waals surface area (Å²) in [5.74, 6) is -1.21. The van der Waals surface area contributed by atoms with E-state index in [1.807, 2.05) is 67.6 Å². The van der Waals surface area contributed by atoms with Gasteiger partial charge in [0.05, 0.1) is 48.7 Å². The van der Waals surface area contributed by atoms with Gasteiger partial charge in [0.2, 0.25) is 14.3 Å². The molecule has 4 aromatic rings. The summed E-state index contributed by atoms with van der Waals surface area (Å²) in [6.45, 7) is 5.67. The van der Waals surface area contributed by atoms with Crippen LogP contribution in [0.5, 0.6) is 0 Å². The van der Waals surface area contributed by atoms with Gasteiger partial charge in [0.15, 0.2) is 5.60 Å². The van der Waals surface area contributed by atoms with Gasteiger partial charge in [-0.15, -0.1) is 0 Å². The highest BCUT2D eigenvalue weighted by molar-refractivity contribution is 6.72. The number of halogens is 2. The molecule has 8 rings (SSSR count). The van der Waals surface area contributed by atoms with Gasteiger partial charge in [-0.25, -0.2) is 0 Å². The molecule has 4 aliphatic heterocycles. The van der Waals surface area contributed by atoms with E-state index in [-0.39, 0.29) is 43.3 Å². The Labute approximate surface area is 296 Å². The number of benzene rings is 4. The Hall–Kier alpha value is -4.09. The number of anilines is 3. The summed E-state index contributed by atoms with van der Waals surface area (Å²) >= 11 is 6.56. The van der Waals surface area contributed by atoms with Crippen LogP contribution in [0, 0.1) is 5.92 Å². The van der Waals surface area contributed by atoms with Gasteiger partial charge in [0.1, 0.15) is 0 Å². The first kappa shape index (κ1) is 33.1. The Morgan fingerprint density at radius 1 is 1.04 bits per heavy atom. The van der Waals surface area contributed by atoms with Crippen molar-refractivity contribution in [3.8, 4) is 0 Å². The van der Waals surface area contributed by atoms with Gasteiger partial charge < -0.3 is 23.8 Å². The minimum atomic E-state index is -3.50. The molecule has 0 saturated carbocycles. The molecular formula is C39H39ClFN3O5Si. The van der Waals surface area contributed by atoms with Crippen molar-refractivity contribution in [2.75, 3.05) is 23.0 Å². The molecule has 0 aliphatic carbocycles. The average molecular weight is 712 g/mol. The van der Waals surface area contributed by atoms with Crippen LogP contribution in [0.15, 0.2) is 78.9 Å². The number of rotatable bonds is 7. The molecule has 1 N–H and O–H groups in total. The first-order valence-electron chi connectivity index (χ1n) is 17.3. The van der Waals surface area contributed by atoms with Gasteiger partial charge >= 0.3 is 0 Å². The zero-order valence-corrected chi connectivity index (χ0v) is 30.0. The van der Waals surface area contributed by atoms with Crippen molar-refractivity contribution in [1.29, 1.82) is 0 Å². The van der Waals surface area contributed by atoms with E-state index < -0.39 is 31.6 Å². The molecule has 0 unspecified atom stereocenters. The molecule has 3 amide bonds. The van der Waals surface area contributed by atoms with E-state index in [1.54, 1.807) is 46.0 Å². The van der Waals surface area contributed by atoms with Gasteiger partial charge in [-0.3, -0.25) is 19.3 Å². The van der Waals surface area contributed by atoms with Crippen LogP contribution in [0.25, 0.3) is 10.8 Å². The molecule has 1 spiro atoms. The van der Waals surface area contributed by atoms with Gasteiger partial charge in [-0.2, -0.15) is 0 Å². The molecule has 2 fully saturated rings. The maximum absolute atomic E-state index is 16.3. The number of likely N-dealkylation sites (tertiary alicyclic amines) is 1. The third-order valence-corrected chi connectivity index (χ3v) is 14.0. The Morgan fingerprint density at radius 3 is 2.56 bits per heavy atom. The van der Waals surface area contributed by atoms with Crippen LogP contribution in [-0.2, 0) is 26.5 Å². The fraction of sp³-hybridized carbons (Fsp3) is 0.359. The van der Waals surface area contributed by atoms with Crippen molar-refractivity contribution < 1.29 is 28.3 Å². The second-order valence-corrected chi connectivity index (χ2v) is 18.8. The lowest BCUT2D eigenvalue weighted by molar-refractivity contribution is -0.150. The number of carbonyl (C=O) groups is 3. The number of hydrogen-bond acceptors (Lipinski definition) is 5. The monoisotopic (exact) mass is 711 g/mol. The van der Waals surface area contributed by atoms with Crippen LogP contribution in [-0.4, -0.2) is 61.4 Å². The molecule has 11 heteroatoms. The number of aliphatic hydroxyl groups is 1. The predicted molar refractivity (Wildman–Crippen MR) is 194 cm³/mol. The normalized spacial score (nSPS) is 25.8. The summed E-state index contributed by atoms with van der Waals surface area (Å²) in [5.41, 5.74) is 1.96. The fourth-order valence-electron chi connectivity index (χ4n) is 9.17. The topological polar surface area (TPSA) is 90.4 Å². The number of nitrogens with zero attached hydrogens (tertiary/aromatic N) is 3. The summed E-state index contributed by atoms with van der Waals surface area (Å²) < 4.78 is 23.1. The Balaban J connectivity index is 1.14. The molecular weight excluding hydrogens is 673 g/mol. The average Bonchev–Trinajstić information content (AvgIpc) is 3.81. The van der Waals surface area contributed by atoms with Crippen molar-refractivity contribution in [2.24, 2.45) is 5.92 Å². The second-order valence-electron chi connectivity index (χ2n) is 14.6. The second kappa shape index (κ2) is 12.0. The first-order valence-corrected chi connectivity index (χ1v) is 20.6. The highest BCUT2D eigenvalue weighted by Gasteiger charge is 2.67. The van der Waals surface area contributed by atoms with Gasteiger partial charge in [0.25, 0.3) is 11.8 Å². The molecule has 4 aromatic carbocycles. The molecule has 5 atom stereocenters. The van der Waals surface area contributed by atoms with Crippen LogP contribution >= 0.6 is 11.6 Å². The van der Waals surface area contributed by atoms with Crippen LogP contribution < -0.4 is 9.80 Å². The Bertz CT molecular complexity index is 2070. The van der Waals surface area contributed by atoms with Crippen LogP contribution in [0.4, 0.5) is 21.2 Å². The van der Waals surface area contributed by atoms with E-state index in [0.29, 0.717) is 34.1 Å². The van der Waals surface area contributed by atoms with Crippen LogP contribution in [0.2, 0.25) is 23.7 Å². The maximum Gasteiger partial charge on any atom is 0.264 e. The minimum absolute atomic E-state index is 0.0716. The van der Waals surface area contributed by atoms with Crippen molar-refractivity contribution in [1.82, 2.24) is 4.90 Å². The fourth-order valence-corrected chi connectivity index (χ4v) is 11.8. The molecule has 2 saturated heterocycles. The van der Waals surface area contributed by atoms with E-state index in [9.17, 15) is 19.5 Å². The highest BCUT2D eigenvalue weighted by atomic mass is 35.5.